The molecule has 1 aromatic carbocycles. The number of carbonyl (C=O) groups is 2. The first-order valence-corrected chi connectivity index (χ1v) is 13.5. The molecule has 2 amide bonds. The van der Waals surface area contributed by atoms with Crippen molar-refractivity contribution in [2.75, 3.05) is 0 Å². The maximum atomic E-state index is 12.9. The van der Waals surface area contributed by atoms with Crippen molar-refractivity contribution in [3.8, 4) is 0 Å². The van der Waals surface area contributed by atoms with Crippen molar-refractivity contribution in [2.45, 2.75) is 71.6 Å². The Morgan fingerprint density at radius 1 is 1.15 bits per heavy atom. The molecule has 1 aromatic heterocycles. The zero-order valence-corrected chi connectivity index (χ0v) is 21.3. The van der Waals surface area contributed by atoms with Gasteiger partial charge in [0.25, 0.3) is 0 Å². The quantitative estimate of drug-likeness (QED) is 0.542. The number of aliphatic hydroxyl groups excluding tert-OH is 1. The van der Waals surface area contributed by atoms with Crippen LogP contribution >= 0.6 is 11.3 Å². The molecule has 2 aliphatic carbocycles. The molecule has 2 saturated carbocycles. The summed E-state index contributed by atoms with van der Waals surface area (Å²) in [5.74, 6) is -0.0540. The fourth-order valence-corrected chi connectivity index (χ4v) is 7.12. The fourth-order valence-electron chi connectivity index (χ4n) is 6.48. The molecule has 0 aliphatic heterocycles. The van der Waals surface area contributed by atoms with Gasteiger partial charge in [-0.1, -0.05) is 57.2 Å². The highest BCUT2D eigenvalue weighted by molar-refractivity contribution is 7.09. The van der Waals surface area contributed by atoms with Gasteiger partial charge in [-0.25, -0.2) is 0 Å². The normalized spacial score (nSPS) is 31.8. The van der Waals surface area contributed by atoms with Crippen molar-refractivity contribution >= 4 is 23.2 Å². The molecule has 0 spiro atoms. The van der Waals surface area contributed by atoms with Gasteiger partial charge in [0.2, 0.25) is 11.8 Å². The minimum atomic E-state index is -0.551. The molecule has 7 atom stereocenters. The van der Waals surface area contributed by atoms with E-state index in [4.69, 9.17) is 0 Å². The Labute approximate surface area is 207 Å². The number of nitrogens with one attached hydrogen (secondary N) is 2. The van der Waals surface area contributed by atoms with Gasteiger partial charge in [0.1, 0.15) is 0 Å². The fraction of sp³-hybridized carbons (Fsp3) is 0.571. The van der Waals surface area contributed by atoms with Crippen molar-refractivity contribution in [3.63, 3.8) is 0 Å². The van der Waals surface area contributed by atoms with Crippen LogP contribution in [0.3, 0.4) is 0 Å². The third-order valence-electron chi connectivity index (χ3n) is 8.51. The van der Waals surface area contributed by atoms with Crippen molar-refractivity contribution < 1.29 is 14.7 Å². The van der Waals surface area contributed by atoms with Crippen LogP contribution in [-0.2, 0) is 22.6 Å². The lowest BCUT2D eigenvalue weighted by molar-refractivity contribution is -0.143. The van der Waals surface area contributed by atoms with Crippen LogP contribution in [0.4, 0.5) is 0 Å². The highest BCUT2D eigenvalue weighted by atomic mass is 32.1. The number of amides is 2. The van der Waals surface area contributed by atoms with Gasteiger partial charge in [-0.15, -0.1) is 11.3 Å². The van der Waals surface area contributed by atoms with Crippen molar-refractivity contribution in [1.82, 2.24) is 10.6 Å². The number of benzene rings is 1. The topological polar surface area (TPSA) is 78.4 Å². The average molecular weight is 483 g/mol. The summed E-state index contributed by atoms with van der Waals surface area (Å²) in [6.07, 6.45) is 3.61. The second kappa shape index (κ2) is 10.6. The number of fused-ring (bicyclic) bond motifs is 1. The number of aliphatic hydroxyl groups is 1. The van der Waals surface area contributed by atoms with Gasteiger partial charge in [-0.2, -0.15) is 0 Å². The summed E-state index contributed by atoms with van der Waals surface area (Å²) >= 11 is 1.63. The molecular weight excluding hydrogens is 444 g/mol. The molecule has 1 heterocycles. The highest BCUT2D eigenvalue weighted by Crippen LogP contribution is 2.55. The minimum Gasteiger partial charge on any atom is -0.392 e. The van der Waals surface area contributed by atoms with E-state index in [0.29, 0.717) is 13.0 Å². The van der Waals surface area contributed by atoms with E-state index >= 15 is 0 Å². The van der Waals surface area contributed by atoms with Crippen LogP contribution in [0.15, 0.2) is 47.8 Å². The van der Waals surface area contributed by atoms with E-state index < -0.39 is 6.10 Å². The standard InChI is InChI=1S/C28H38N2O3S/c1-18(27(33)29-17-21-10-7-15-34-21)22-11-13-28(3)14-12-23(19(2)25(28)26(22)32)30-24(31)16-20-8-5-4-6-9-20/h4-10,15,18-19,22-23,25-26,32H,11-14,16-17H2,1-3H3,(H,29,33)(H,30,31)/t18-,19+,22+,23-,25+,26-,28-/m0/s1. The van der Waals surface area contributed by atoms with Crippen LogP contribution < -0.4 is 10.6 Å². The number of hydrogen-bond acceptors (Lipinski definition) is 4. The third kappa shape index (κ3) is 5.38. The molecule has 2 fully saturated rings. The van der Waals surface area contributed by atoms with E-state index in [1.54, 1.807) is 11.3 Å². The molecule has 0 unspecified atom stereocenters. The minimum absolute atomic E-state index is 0.0113. The molecule has 2 aromatic rings. The maximum absolute atomic E-state index is 12.9. The molecule has 2 aliphatic rings. The molecule has 4 rings (SSSR count). The molecule has 5 nitrogen and oxygen atoms in total. The Morgan fingerprint density at radius 2 is 1.88 bits per heavy atom. The van der Waals surface area contributed by atoms with Gasteiger partial charge >= 0.3 is 0 Å². The van der Waals surface area contributed by atoms with Gasteiger partial charge < -0.3 is 15.7 Å². The summed E-state index contributed by atoms with van der Waals surface area (Å²) < 4.78 is 0. The molecule has 0 radical (unpaired) electrons. The van der Waals surface area contributed by atoms with E-state index in [2.05, 4.69) is 24.5 Å². The first-order chi connectivity index (χ1) is 16.3. The number of hydrogen-bond donors (Lipinski definition) is 3. The summed E-state index contributed by atoms with van der Waals surface area (Å²) in [6.45, 7) is 6.95. The summed E-state index contributed by atoms with van der Waals surface area (Å²) in [7, 11) is 0. The first kappa shape index (κ1) is 24.9. The predicted octanol–water partition coefficient (Wildman–Crippen LogP) is 4.55. The van der Waals surface area contributed by atoms with E-state index in [0.717, 1.165) is 36.1 Å². The van der Waals surface area contributed by atoms with Crippen LogP contribution in [0.5, 0.6) is 0 Å². The third-order valence-corrected chi connectivity index (χ3v) is 9.39. The Kier molecular flexibility index (Phi) is 7.78. The van der Waals surface area contributed by atoms with Crippen molar-refractivity contribution in [2.24, 2.45) is 29.1 Å². The predicted molar refractivity (Wildman–Crippen MR) is 136 cm³/mol. The summed E-state index contributed by atoms with van der Waals surface area (Å²) in [5, 5.41) is 19.9. The molecule has 0 saturated heterocycles. The Balaban J connectivity index is 1.39. The SMILES string of the molecule is C[C@H]1[C@@H]2[C@@H](O)[C@@H]([C@H](C)C(=O)NCc3cccs3)CC[C@@]2(C)CC[C@@H]1NC(=O)Cc1ccccc1. The Hall–Kier alpha value is -2.18. The van der Waals surface area contributed by atoms with Gasteiger partial charge in [-0.05, 0) is 65.9 Å². The first-order valence-electron chi connectivity index (χ1n) is 12.6. The smallest absolute Gasteiger partial charge is 0.224 e. The molecule has 6 heteroatoms. The highest BCUT2D eigenvalue weighted by Gasteiger charge is 2.53. The van der Waals surface area contributed by atoms with Crippen LogP contribution in [0.1, 0.15) is 56.9 Å². The zero-order chi connectivity index (χ0) is 24.3. The van der Waals surface area contributed by atoms with Gasteiger partial charge in [0.15, 0.2) is 0 Å². The van der Waals surface area contributed by atoms with Crippen molar-refractivity contribution in [3.05, 3.63) is 58.3 Å². The average Bonchev–Trinajstić information content (AvgIpc) is 3.33. The zero-order valence-electron chi connectivity index (χ0n) is 20.5. The van der Waals surface area contributed by atoms with E-state index in [-0.39, 0.29) is 46.9 Å². The van der Waals surface area contributed by atoms with E-state index in [1.165, 1.54) is 0 Å². The number of thiophene rings is 1. The van der Waals surface area contributed by atoms with E-state index in [1.807, 2.05) is 54.8 Å². The van der Waals surface area contributed by atoms with Gasteiger partial charge in [0.05, 0.1) is 19.1 Å². The molecule has 3 N–H and O–H groups in total. The van der Waals surface area contributed by atoms with Crippen molar-refractivity contribution in [1.29, 1.82) is 0 Å². The molecule has 34 heavy (non-hydrogen) atoms. The van der Waals surface area contributed by atoms with Gasteiger partial charge in [-0.3, -0.25) is 9.59 Å². The molecule has 0 bridgehead atoms. The second-order valence-corrected chi connectivity index (χ2v) is 11.7. The van der Waals surface area contributed by atoms with Crippen LogP contribution in [0, 0.1) is 29.1 Å². The summed E-state index contributed by atoms with van der Waals surface area (Å²) in [5.41, 5.74) is 1.05. The summed E-state index contributed by atoms with van der Waals surface area (Å²) in [6, 6.07) is 13.9. The van der Waals surface area contributed by atoms with Crippen LogP contribution in [-0.4, -0.2) is 29.1 Å². The Morgan fingerprint density at radius 3 is 2.59 bits per heavy atom. The lowest BCUT2D eigenvalue weighted by Crippen LogP contribution is -2.58. The van der Waals surface area contributed by atoms with Crippen LogP contribution in [0.2, 0.25) is 0 Å². The molecule has 184 valence electrons. The van der Waals surface area contributed by atoms with Crippen LogP contribution in [0.25, 0.3) is 0 Å². The maximum Gasteiger partial charge on any atom is 0.224 e. The number of carbonyl (C=O) groups excluding carboxylic acids is 2. The largest absolute Gasteiger partial charge is 0.392 e. The lowest BCUT2D eigenvalue weighted by atomic mass is 9.51. The lowest BCUT2D eigenvalue weighted by Gasteiger charge is -2.56. The van der Waals surface area contributed by atoms with Gasteiger partial charge in [0, 0.05) is 16.8 Å². The van der Waals surface area contributed by atoms with E-state index in [9.17, 15) is 14.7 Å². The Bertz CT molecular complexity index is 963. The summed E-state index contributed by atoms with van der Waals surface area (Å²) in [4.78, 5) is 26.8. The number of rotatable bonds is 7. The molecular formula is C28H38N2O3S. The second-order valence-electron chi connectivity index (χ2n) is 10.7. The monoisotopic (exact) mass is 482 g/mol.